The van der Waals surface area contributed by atoms with Gasteiger partial charge in [-0.3, -0.25) is 0 Å². The van der Waals surface area contributed by atoms with Crippen molar-refractivity contribution in [3.05, 3.63) is 0 Å². The molecule has 0 aromatic carbocycles. The van der Waals surface area contributed by atoms with Crippen LogP contribution in [0, 0.1) is 5.92 Å². The van der Waals surface area contributed by atoms with E-state index in [4.69, 9.17) is 4.74 Å². The lowest BCUT2D eigenvalue weighted by molar-refractivity contribution is 0.147. The van der Waals surface area contributed by atoms with E-state index in [1.807, 2.05) is 0 Å². The SMILES string of the molecule is CNC(=O)OCCCNCC(C)C. The molecule has 1 amide bonds. The highest BCUT2D eigenvalue weighted by atomic mass is 16.5. The van der Waals surface area contributed by atoms with Gasteiger partial charge in [0.05, 0.1) is 6.61 Å². The quantitative estimate of drug-likeness (QED) is 0.611. The van der Waals surface area contributed by atoms with E-state index in [0.29, 0.717) is 12.5 Å². The predicted molar refractivity (Wildman–Crippen MR) is 52.7 cm³/mol. The molecule has 0 aliphatic rings. The normalized spacial score (nSPS) is 10.2. The summed E-state index contributed by atoms with van der Waals surface area (Å²) in [5.74, 6) is 0.667. The number of alkyl carbamates (subject to hydrolysis) is 1. The smallest absolute Gasteiger partial charge is 0.406 e. The second kappa shape index (κ2) is 7.86. The number of carbonyl (C=O) groups excluding carboxylic acids is 1. The van der Waals surface area contributed by atoms with Crippen LogP contribution in [0.15, 0.2) is 0 Å². The van der Waals surface area contributed by atoms with Crippen molar-refractivity contribution in [1.82, 2.24) is 10.6 Å². The van der Waals surface area contributed by atoms with Crippen molar-refractivity contribution >= 4 is 6.09 Å². The number of ether oxygens (including phenoxy) is 1. The van der Waals surface area contributed by atoms with Gasteiger partial charge in [0, 0.05) is 7.05 Å². The maximum atomic E-state index is 10.6. The lowest BCUT2D eigenvalue weighted by Crippen LogP contribution is -2.24. The van der Waals surface area contributed by atoms with Crippen LogP contribution >= 0.6 is 0 Å². The van der Waals surface area contributed by atoms with Gasteiger partial charge in [0.25, 0.3) is 0 Å². The Labute approximate surface area is 80.0 Å². The average Bonchev–Trinajstić information content (AvgIpc) is 2.10. The first-order valence-electron chi connectivity index (χ1n) is 4.72. The maximum Gasteiger partial charge on any atom is 0.406 e. The van der Waals surface area contributed by atoms with Gasteiger partial charge in [-0.1, -0.05) is 13.8 Å². The van der Waals surface area contributed by atoms with Gasteiger partial charge in [-0.05, 0) is 25.4 Å². The van der Waals surface area contributed by atoms with Gasteiger partial charge in [-0.25, -0.2) is 4.79 Å². The van der Waals surface area contributed by atoms with E-state index < -0.39 is 0 Å². The predicted octanol–water partition coefficient (Wildman–Crippen LogP) is 0.978. The highest BCUT2D eigenvalue weighted by Gasteiger charge is 1.96. The first-order valence-corrected chi connectivity index (χ1v) is 4.72. The molecule has 0 atom stereocenters. The Kier molecular flexibility index (Phi) is 7.39. The summed E-state index contributed by atoms with van der Waals surface area (Å²) in [6, 6.07) is 0. The summed E-state index contributed by atoms with van der Waals surface area (Å²) in [7, 11) is 1.55. The lowest BCUT2D eigenvalue weighted by Gasteiger charge is -2.07. The highest BCUT2D eigenvalue weighted by Crippen LogP contribution is 1.87. The molecule has 0 spiro atoms. The second-order valence-electron chi connectivity index (χ2n) is 3.34. The topological polar surface area (TPSA) is 50.4 Å². The molecule has 4 nitrogen and oxygen atoms in total. The molecule has 13 heavy (non-hydrogen) atoms. The van der Waals surface area contributed by atoms with E-state index in [2.05, 4.69) is 24.5 Å². The van der Waals surface area contributed by atoms with Crippen LogP contribution in [0.1, 0.15) is 20.3 Å². The van der Waals surface area contributed by atoms with Gasteiger partial charge >= 0.3 is 6.09 Å². The van der Waals surface area contributed by atoms with Gasteiger partial charge in [-0.2, -0.15) is 0 Å². The molecular formula is C9H20N2O2. The van der Waals surface area contributed by atoms with Gasteiger partial charge in [0.2, 0.25) is 0 Å². The third-order valence-corrected chi connectivity index (χ3v) is 1.49. The van der Waals surface area contributed by atoms with E-state index in [-0.39, 0.29) is 6.09 Å². The first kappa shape index (κ1) is 12.2. The van der Waals surface area contributed by atoms with Crippen molar-refractivity contribution in [3.8, 4) is 0 Å². The Hall–Kier alpha value is -0.770. The summed E-state index contributed by atoms with van der Waals surface area (Å²) in [6.07, 6.45) is 0.504. The van der Waals surface area contributed by atoms with Gasteiger partial charge in [-0.15, -0.1) is 0 Å². The molecule has 0 fully saturated rings. The van der Waals surface area contributed by atoms with Crippen LogP contribution in [0.3, 0.4) is 0 Å². The minimum Gasteiger partial charge on any atom is -0.450 e. The zero-order valence-corrected chi connectivity index (χ0v) is 8.72. The fourth-order valence-corrected chi connectivity index (χ4v) is 0.825. The van der Waals surface area contributed by atoms with Gasteiger partial charge < -0.3 is 15.4 Å². The van der Waals surface area contributed by atoms with Crippen molar-refractivity contribution in [2.45, 2.75) is 20.3 Å². The van der Waals surface area contributed by atoms with Crippen LogP contribution in [0.4, 0.5) is 4.79 Å². The number of hydrogen-bond acceptors (Lipinski definition) is 3. The zero-order chi connectivity index (χ0) is 10.1. The van der Waals surface area contributed by atoms with Crippen LogP contribution in [-0.4, -0.2) is 32.8 Å². The first-order chi connectivity index (χ1) is 6.16. The summed E-state index contributed by atoms with van der Waals surface area (Å²) in [5.41, 5.74) is 0. The fraction of sp³-hybridized carbons (Fsp3) is 0.889. The second-order valence-corrected chi connectivity index (χ2v) is 3.34. The van der Waals surface area contributed by atoms with E-state index in [0.717, 1.165) is 19.5 Å². The number of rotatable bonds is 6. The molecule has 0 radical (unpaired) electrons. The minimum atomic E-state index is -0.358. The van der Waals surface area contributed by atoms with E-state index in [1.54, 1.807) is 7.05 Å². The average molecular weight is 188 g/mol. The summed E-state index contributed by atoms with van der Waals surface area (Å²) < 4.78 is 4.81. The maximum absolute atomic E-state index is 10.6. The standard InChI is InChI=1S/C9H20N2O2/c1-8(2)7-11-5-4-6-13-9(12)10-3/h8,11H,4-7H2,1-3H3,(H,10,12). The van der Waals surface area contributed by atoms with Crippen LogP contribution in [0.2, 0.25) is 0 Å². The summed E-state index contributed by atoms with van der Waals surface area (Å²) in [5, 5.41) is 5.66. The Balaban J connectivity index is 3.04. The third kappa shape index (κ3) is 9.14. The molecule has 4 heteroatoms. The van der Waals surface area contributed by atoms with Crippen molar-refractivity contribution in [2.24, 2.45) is 5.92 Å². The molecular weight excluding hydrogens is 168 g/mol. The van der Waals surface area contributed by atoms with Crippen LogP contribution in [-0.2, 0) is 4.74 Å². The molecule has 0 saturated heterocycles. The minimum absolute atomic E-state index is 0.358. The number of nitrogens with one attached hydrogen (secondary N) is 2. The van der Waals surface area contributed by atoms with Crippen molar-refractivity contribution in [3.63, 3.8) is 0 Å². The molecule has 0 saturated carbocycles. The van der Waals surface area contributed by atoms with Crippen molar-refractivity contribution in [1.29, 1.82) is 0 Å². The van der Waals surface area contributed by atoms with Gasteiger partial charge in [0.1, 0.15) is 0 Å². The molecule has 0 aromatic heterocycles. The highest BCUT2D eigenvalue weighted by molar-refractivity contribution is 5.66. The van der Waals surface area contributed by atoms with Crippen molar-refractivity contribution in [2.75, 3.05) is 26.7 Å². The Morgan fingerprint density at radius 2 is 2.15 bits per heavy atom. The molecule has 0 aromatic rings. The fourth-order valence-electron chi connectivity index (χ4n) is 0.825. The number of carbonyl (C=O) groups is 1. The number of amides is 1. The summed E-state index contributed by atoms with van der Waals surface area (Å²) >= 11 is 0. The molecule has 78 valence electrons. The molecule has 0 aliphatic carbocycles. The van der Waals surface area contributed by atoms with E-state index >= 15 is 0 Å². The summed E-state index contributed by atoms with van der Waals surface area (Å²) in [4.78, 5) is 10.6. The third-order valence-electron chi connectivity index (χ3n) is 1.49. The molecule has 0 heterocycles. The molecule has 2 N–H and O–H groups in total. The summed E-state index contributed by atoms with van der Waals surface area (Å²) in [6.45, 7) is 6.71. The van der Waals surface area contributed by atoms with Gasteiger partial charge in [0.15, 0.2) is 0 Å². The lowest BCUT2D eigenvalue weighted by atomic mass is 10.2. The molecule has 0 unspecified atom stereocenters. The van der Waals surface area contributed by atoms with Crippen LogP contribution in [0.5, 0.6) is 0 Å². The van der Waals surface area contributed by atoms with Crippen LogP contribution < -0.4 is 10.6 Å². The Morgan fingerprint density at radius 3 is 2.69 bits per heavy atom. The van der Waals surface area contributed by atoms with Crippen LogP contribution in [0.25, 0.3) is 0 Å². The Morgan fingerprint density at radius 1 is 1.46 bits per heavy atom. The van der Waals surface area contributed by atoms with E-state index in [1.165, 1.54) is 0 Å². The molecule has 0 bridgehead atoms. The molecule has 0 rings (SSSR count). The molecule has 0 aliphatic heterocycles. The van der Waals surface area contributed by atoms with E-state index in [9.17, 15) is 4.79 Å². The zero-order valence-electron chi connectivity index (χ0n) is 8.72. The largest absolute Gasteiger partial charge is 0.450 e. The Bertz CT molecular complexity index is 138. The number of hydrogen-bond donors (Lipinski definition) is 2. The van der Waals surface area contributed by atoms with Crippen molar-refractivity contribution < 1.29 is 9.53 Å². The monoisotopic (exact) mass is 188 g/mol.